The number of ether oxygens (including phenoxy) is 1. The summed E-state index contributed by atoms with van der Waals surface area (Å²) in [6.45, 7) is 3.25. The Morgan fingerprint density at radius 3 is 2.67 bits per heavy atom. The van der Waals surface area contributed by atoms with Gasteiger partial charge in [-0.25, -0.2) is 13.2 Å². The van der Waals surface area contributed by atoms with E-state index in [1.165, 1.54) is 31.0 Å². The molecule has 0 radical (unpaired) electrons. The summed E-state index contributed by atoms with van der Waals surface area (Å²) in [7, 11) is -1.56. The van der Waals surface area contributed by atoms with Gasteiger partial charge in [0.2, 0.25) is 0 Å². The van der Waals surface area contributed by atoms with Crippen LogP contribution in [0.3, 0.4) is 0 Å². The first-order valence-corrected chi connectivity index (χ1v) is 9.42. The molecular weight excluding hydrogens is 334 g/mol. The second-order valence-electron chi connectivity index (χ2n) is 5.87. The van der Waals surface area contributed by atoms with E-state index in [0.29, 0.717) is 12.2 Å². The van der Waals surface area contributed by atoms with Crippen molar-refractivity contribution in [3.05, 3.63) is 29.7 Å². The highest BCUT2D eigenvalue weighted by Gasteiger charge is 2.34. The Kier molecular flexibility index (Phi) is 5.48. The van der Waals surface area contributed by atoms with Crippen molar-refractivity contribution < 1.29 is 27.2 Å². The van der Waals surface area contributed by atoms with E-state index in [-0.39, 0.29) is 17.5 Å². The molecule has 2 rings (SSSR count). The first kappa shape index (κ1) is 18.3. The second kappa shape index (κ2) is 7.21. The molecule has 8 heteroatoms. The lowest BCUT2D eigenvalue weighted by atomic mass is 10.2. The summed E-state index contributed by atoms with van der Waals surface area (Å²) in [6, 6.07) is 3.11. The third-order valence-corrected chi connectivity index (χ3v) is 5.64. The molecule has 0 saturated carbocycles. The molecule has 1 aliphatic rings. The van der Waals surface area contributed by atoms with Gasteiger partial charge in [-0.15, -0.1) is 0 Å². The fourth-order valence-electron chi connectivity index (χ4n) is 2.50. The number of nitrogens with zero attached hydrogens (tertiary/aromatic N) is 1. The number of hydrogen-bond acceptors (Lipinski definition) is 6. The highest BCUT2D eigenvalue weighted by Crippen LogP contribution is 2.17. The molecule has 2 unspecified atom stereocenters. The minimum absolute atomic E-state index is 0.0480. The predicted octanol–water partition coefficient (Wildman–Crippen LogP) is 1.18. The van der Waals surface area contributed by atoms with Gasteiger partial charge in [-0.1, -0.05) is 0 Å². The zero-order valence-electron chi connectivity index (χ0n) is 13.9. The molecule has 0 aromatic carbocycles. The van der Waals surface area contributed by atoms with Crippen LogP contribution in [0.5, 0.6) is 0 Å². The molecule has 24 heavy (non-hydrogen) atoms. The Bertz CT molecular complexity index is 748. The number of hydrogen-bond donors (Lipinski definition) is 0. The summed E-state index contributed by atoms with van der Waals surface area (Å²) < 4.78 is 33.3. The van der Waals surface area contributed by atoms with Gasteiger partial charge in [0.15, 0.2) is 15.9 Å². The van der Waals surface area contributed by atoms with Crippen molar-refractivity contribution in [2.45, 2.75) is 32.4 Å². The number of amides is 1. The Balaban J connectivity index is 1.88. The highest BCUT2D eigenvalue weighted by molar-refractivity contribution is 7.91. The second-order valence-corrected chi connectivity index (χ2v) is 8.10. The smallest absolute Gasteiger partial charge is 0.331 e. The number of likely N-dealkylation sites (N-methyl/N-ethyl adjacent to an activating group) is 1. The van der Waals surface area contributed by atoms with E-state index < -0.39 is 27.8 Å². The molecule has 0 N–H and O–H groups in total. The summed E-state index contributed by atoms with van der Waals surface area (Å²) in [5.41, 5.74) is 0. The van der Waals surface area contributed by atoms with Crippen LogP contribution < -0.4 is 0 Å². The van der Waals surface area contributed by atoms with Gasteiger partial charge >= 0.3 is 5.97 Å². The SMILES string of the molecule is Cc1ccc(/C=C/C(=O)OC(C)C(=O)N(C)C2CCS(=O)(=O)C2)o1. The van der Waals surface area contributed by atoms with Crippen molar-refractivity contribution in [2.75, 3.05) is 18.6 Å². The number of esters is 1. The van der Waals surface area contributed by atoms with Gasteiger partial charge in [-0.2, -0.15) is 0 Å². The van der Waals surface area contributed by atoms with Gasteiger partial charge < -0.3 is 14.1 Å². The predicted molar refractivity (Wildman–Crippen MR) is 87.9 cm³/mol. The zero-order chi connectivity index (χ0) is 17.9. The quantitative estimate of drug-likeness (QED) is 0.581. The lowest BCUT2D eigenvalue weighted by Crippen LogP contribution is -2.44. The summed E-state index contributed by atoms with van der Waals surface area (Å²) >= 11 is 0. The van der Waals surface area contributed by atoms with Crippen LogP contribution in [0, 0.1) is 6.92 Å². The van der Waals surface area contributed by atoms with Crippen molar-refractivity contribution in [3.8, 4) is 0 Å². The fourth-order valence-corrected chi connectivity index (χ4v) is 4.28. The number of rotatable bonds is 5. The van der Waals surface area contributed by atoms with Crippen LogP contribution in [0.15, 0.2) is 22.6 Å². The van der Waals surface area contributed by atoms with Gasteiger partial charge in [0.1, 0.15) is 11.5 Å². The third kappa shape index (κ3) is 4.70. The van der Waals surface area contributed by atoms with Gasteiger partial charge in [-0.3, -0.25) is 4.79 Å². The molecule has 2 heterocycles. The van der Waals surface area contributed by atoms with E-state index in [0.717, 1.165) is 5.76 Å². The summed E-state index contributed by atoms with van der Waals surface area (Å²) in [5.74, 6) is 0.170. The summed E-state index contributed by atoms with van der Waals surface area (Å²) in [6.07, 6.45) is 2.05. The monoisotopic (exact) mass is 355 g/mol. The highest BCUT2D eigenvalue weighted by atomic mass is 32.2. The maximum atomic E-state index is 12.3. The lowest BCUT2D eigenvalue weighted by Gasteiger charge is -2.26. The maximum Gasteiger partial charge on any atom is 0.331 e. The van der Waals surface area contributed by atoms with Crippen molar-refractivity contribution in [2.24, 2.45) is 0 Å². The van der Waals surface area contributed by atoms with Crippen molar-refractivity contribution in [3.63, 3.8) is 0 Å². The first-order valence-electron chi connectivity index (χ1n) is 7.60. The molecule has 1 amide bonds. The molecule has 1 aromatic heterocycles. The maximum absolute atomic E-state index is 12.3. The molecule has 1 aromatic rings. The number of carbonyl (C=O) groups excluding carboxylic acids is 2. The topological polar surface area (TPSA) is 93.9 Å². The summed E-state index contributed by atoms with van der Waals surface area (Å²) in [4.78, 5) is 25.4. The van der Waals surface area contributed by atoms with Gasteiger partial charge in [0.05, 0.1) is 11.5 Å². The summed E-state index contributed by atoms with van der Waals surface area (Å²) in [5, 5.41) is 0. The number of aryl methyl sites for hydroxylation is 1. The van der Waals surface area contributed by atoms with Crippen LogP contribution in [-0.4, -0.2) is 55.9 Å². The van der Waals surface area contributed by atoms with Gasteiger partial charge in [-0.05, 0) is 38.5 Å². The molecule has 0 bridgehead atoms. The lowest BCUT2D eigenvalue weighted by molar-refractivity contribution is -0.155. The Morgan fingerprint density at radius 1 is 1.42 bits per heavy atom. The molecular formula is C16H21NO6S. The van der Waals surface area contributed by atoms with Crippen LogP contribution in [0.2, 0.25) is 0 Å². The number of furan rings is 1. The molecule has 1 saturated heterocycles. The van der Waals surface area contributed by atoms with E-state index in [2.05, 4.69) is 0 Å². The third-order valence-electron chi connectivity index (χ3n) is 3.89. The molecule has 1 fully saturated rings. The molecule has 7 nitrogen and oxygen atoms in total. The van der Waals surface area contributed by atoms with Crippen LogP contribution in [0.25, 0.3) is 6.08 Å². The van der Waals surface area contributed by atoms with Crippen molar-refractivity contribution in [1.82, 2.24) is 4.90 Å². The normalized spacial score (nSPS) is 20.9. The van der Waals surface area contributed by atoms with Crippen molar-refractivity contribution >= 4 is 27.8 Å². The van der Waals surface area contributed by atoms with Gasteiger partial charge in [0.25, 0.3) is 5.91 Å². The van der Waals surface area contributed by atoms with Crippen LogP contribution in [0.1, 0.15) is 24.9 Å². The molecule has 132 valence electrons. The van der Waals surface area contributed by atoms with E-state index in [1.807, 2.05) is 0 Å². The van der Waals surface area contributed by atoms with E-state index in [9.17, 15) is 18.0 Å². The van der Waals surface area contributed by atoms with Crippen LogP contribution in [-0.2, 0) is 24.2 Å². The zero-order valence-corrected chi connectivity index (χ0v) is 14.7. The fraction of sp³-hybridized carbons (Fsp3) is 0.500. The molecule has 0 aliphatic carbocycles. The van der Waals surface area contributed by atoms with Gasteiger partial charge in [0, 0.05) is 19.2 Å². The average Bonchev–Trinajstić information content (AvgIpc) is 3.08. The Morgan fingerprint density at radius 2 is 2.12 bits per heavy atom. The van der Waals surface area contributed by atoms with Crippen LogP contribution in [0.4, 0.5) is 0 Å². The van der Waals surface area contributed by atoms with E-state index in [1.54, 1.807) is 19.1 Å². The molecule has 1 aliphatic heterocycles. The van der Waals surface area contributed by atoms with Crippen molar-refractivity contribution in [1.29, 1.82) is 0 Å². The standard InChI is InChI=1S/C16H21NO6S/c1-11-4-5-14(22-11)6-7-15(18)23-12(2)16(19)17(3)13-8-9-24(20,21)10-13/h4-7,12-13H,8-10H2,1-3H3/b7-6+. The minimum Gasteiger partial charge on any atom is -0.462 e. The molecule has 2 atom stereocenters. The minimum atomic E-state index is -3.08. The largest absolute Gasteiger partial charge is 0.462 e. The van der Waals surface area contributed by atoms with E-state index >= 15 is 0 Å². The first-order chi connectivity index (χ1) is 11.2. The average molecular weight is 355 g/mol. The molecule has 0 spiro atoms. The van der Waals surface area contributed by atoms with Crippen LogP contribution >= 0.6 is 0 Å². The Hall–Kier alpha value is -2.09. The number of carbonyl (C=O) groups is 2. The Labute approximate surface area is 141 Å². The van der Waals surface area contributed by atoms with E-state index in [4.69, 9.17) is 9.15 Å². The number of sulfone groups is 1.